The molecule has 0 aliphatic carbocycles. The van der Waals surface area contributed by atoms with Crippen LogP contribution in [0.2, 0.25) is 10.0 Å². The van der Waals surface area contributed by atoms with Crippen molar-refractivity contribution in [3.05, 3.63) is 92.5 Å². The van der Waals surface area contributed by atoms with Gasteiger partial charge in [0.05, 0.1) is 21.2 Å². The van der Waals surface area contributed by atoms with Crippen LogP contribution in [0.5, 0.6) is 0 Å². The van der Waals surface area contributed by atoms with Crippen LogP contribution < -0.4 is 0 Å². The van der Waals surface area contributed by atoms with E-state index in [9.17, 15) is 10.1 Å². The molecule has 0 fully saturated rings. The fourth-order valence-electron chi connectivity index (χ4n) is 2.76. The fraction of sp³-hybridized carbons (Fsp3) is 0. The van der Waals surface area contributed by atoms with Crippen molar-refractivity contribution in [3.8, 4) is 11.5 Å². The van der Waals surface area contributed by atoms with Gasteiger partial charge in [-0.1, -0.05) is 29.3 Å². The molecule has 6 nitrogen and oxygen atoms in total. The van der Waals surface area contributed by atoms with E-state index in [1.165, 1.54) is 12.1 Å². The number of nitro groups is 1. The van der Waals surface area contributed by atoms with Gasteiger partial charge in [-0.15, -0.1) is 0 Å². The number of oxazole rings is 1. The van der Waals surface area contributed by atoms with E-state index in [-0.39, 0.29) is 5.69 Å². The van der Waals surface area contributed by atoms with Gasteiger partial charge in [0.15, 0.2) is 5.58 Å². The van der Waals surface area contributed by atoms with Crippen molar-refractivity contribution in [2.45, 2.75) is 0 Å². The van der Waals surface area contributed by atoms with E-state index < -0.39 is 4.92 Å². The smallest absolute Gasteiger partial charge is 0.269 e. The summed E-state index contributed by atoms with van der Waals surface area (Å²) in [6.07, 6.45) is 5.20. The molecule has 148 valence electrons. The van der Waals surface area contributed by atoms with Gasteiger partial charge < -0.3 is 4.42 Å². The van der Waals surface area contributed by atoms with Gasteiger partial charge in [-0.2, -0.15) is 0 Å². The van der Waals surface area contributed by atoms with E-state index in [1.807, 2.05) is 18.2 Å². The minimum absolute atomic E-state index is 0.0565. The zero-order valence-electron chi connectivity index (χ0n) is 15.3. The van der Waals surface area contributed by atoms with E-state index in [1.54, 1.807) is 48.7 Å². The lowest BCUT2D eigenvalue weighted by Gasteiger charge is -1.98. The van der Waals surface area contributed by atoms with Gasteiger partial charge in [-0.05, 0) is 60.2 Å². The van der Waals surface area contributed by atoms with E-state index in [0.717, 1.165) is 5.56 Å². The Morgan fingerprint density at radius 3 is 2.57 bits per heavy atom. The quantitative estimate of drug-likeness (QED) is 0.189. The van der Waals surface area contributed by atoms with Crippen LogP contribution in [0, 0.1) is 10.1 Å². The summed E-state index contributed by atoms with van der Waals surface area (Å²) in [5, 5.41) is 11.7. The molecule has 1 aromatic heterocycles. The Balaban J connectivity index is 1.51. The normalized spacial score (nSPS) is 11.7. The van der Waals surface area contributed by atoms with Crippen molar-refractivity contribution >= 4 is 58.0 Å². The van der Waals surface area contributed by atoms with Crippen LogP contribution in [0.1, 0.15) is 5.56 Å². The molecular formula is C22H13Cl2N3O3. The van der Waals surface area contributed by atoms with E-state index in [2.05, 4.69) is 9.98 Å². The average Bonchev–Trinajstić information content (AvgIpc) is 3.14. The van der Waals surface area contributed by atoms with Crippen LogP contribution >= 0.6 is 23.2 Å². The van der Waals surface area contributed by atoms with E-state index in [4.69, 9.17) is 27.6 Å². The number of aliphatic imine (C=N–C) groups is 1. The van der Waals surface area contributed by atoms with Crippen LogP contribution in [-0.2, 0) is 0 Å². The molecule has 4 rings (SSSR count). The monoisotopic (exact) mass is 437 g/mol. The van der Waals surface area contributed by atoms with Crippen molar-refractivity contribution in [1.82, 2.24) is 4.98 Å². The number of allylic oxidation sites excluding steroid dienone is 1. The highest BCUT2D eigenvalue weighted by molar-refractivity contribution is 6.36. The van der Waals surface area contributed by atoms with Crippen LogP contribution in [0.25, 0.3) is 28.6 Å². The Kier molecular flexibility index (Phi) is 5.61. The molecule has 0 saturated carbocycles. The Morgan fingerprint density at radius 2 is 1.83 bits per heavy atom. The second kappa shape index (κ2) is 8.49. The summed E-state index contributed by atoms with van der Waals surface area (Å²) >= 11 is 12.2. The Labute approximate surface area is 181 Å². The predicted octanol–water partition coefficient (Wildman–Crippen LogP) is 7.13. The maximum atomic E-state index is 10.7. The third-order valence-corrected chi connectivity index (χ3v) is 4.78. The largest absolute Gasteiger partial charge is 0.436 e. The molecule has 0 unspecified atom stereocenters. The van der Waals surface area contributed by atoms with Gasteiger partial charge >= 0.3 is 0 Å². The lowest BCUT2D eigenvalue weighted by atomic mass is 10.2. The summed E-state index contributed by atoms with van der Waals surface area (Å²) in [7, 11) is 0. The molecule has 0 amide bonds. The number of rotatable bonds is 5. The minimum Gasteiger partial charge on any atom is -0.436 e. The molecule has 0 spiro atoms. The molecule has 0 aliphatic heterocycles. The number of benzene rings is 3. The molecular weight excluding hydrogens is 425 g/mol. The molecule has 3 aromatic carbocycles. The molecule has 0 atom stereocenters. The maximum absolute atomic E-state index is 10.7. The van der Waals surface area contributed by atoms with Gasteiger partial charge in [0.25, 0.3) is 5.69 Å². The summed E-state index contributed by atoms with van der Waals surface area (Å²) in [6, 6.07) is 16.8. The zero-order valence-corrected chi connectivity index (χ0v) is 16.8. The molecule has 0 N–H and O–H groups in total. The topological polar surface area (TPSA) is 81.5 Å². The van der Waals surface area contributed by atoms with Crippen LogP contribution in [0.3, 0.4) is 0 Å². The highest BCUT2D eigenvalue weighted by Crippen LogP contribution is 2.32. The Bertz CT molecular complexity index is 1290. The highest BCUT2D eigenvalue weighted by atomic mass is 35.5. The number of fused-ring (bicyclic) bond motifs is 1. The van der Waals surface area contributed by atoms with Gasteiger partial charge in [-0.3, -0.25) is 15.1 Å². The number of nitro benzene ring substituents is 1. The zero-order chi connectivity index (χ0) is 21.1. The Morgan fingerprint density at radius 1 is 1.03 bits per heavy atom. The molecule has 8 heteroatoms. The molecule has 0 radical (unpaired) electrons. The first-order valence-corrected chi connectivity index (χ1v) is 9.56. The van der Waals surface area contributed by atoms with E-state index >= 15 is 0 Å². The van der Waals surface area contributed by atoms with Crippen LogP contribution in [0.15, 0.2) is 76.1 Å². The fourth-order valence-corrected chi connectivity index (χ4v) is 3.25. The molecule has 0 saturated heterocycles. The minimum atomic E-state index is -0.429. The number of non-ortho nitro benzene ring substituents is 1. The number of hydrogen-bond acceptors (Lipinski definition) is 5. The molecule has 1 heterocycles. The predicted molar refractivity (Wildman–Crippen MR) is 120 cm³/mol. The first-order chi connectivity index (χ1) is 14.5. The summed E-state index contributed by atoms with van der Waals surface area (Å²) in [6.45, 7) is 0. The Hall–Kier alpha value is -3.48. The third kappa shape index (κ3) is 4.40. The van der Waals surface area contributed by atoms with Gasteiger partial charge in [0.1, 0.15) is 5.52 Å². The summed E-state index contributed by atoms with van der Waals surface area (Å²) in [5.74, 6) is 0.408. The third-order valence-electron chi connectivity index (χ3n) is 4.23. The lowest BCUT2D eigenvalue weighted by Crippen LogP contribution is -1.86. The van der Waals surface area contributed by atoms with Gasteiger partial charge in [-0.25, -0.2) is 4.98 Å². The molecule has 30 heavy (non-hydrogen) atoms. The standard InChI is InChI=1S/C22H13Cl2N3O3/c23-15-5-9-18(19(24)12-15)22-26-20-13-16(6-10-21(20)30-22)25-11-1-2-14-3-7-17(8-4-14)27(28)29/h1-13H/b2-1+,25-11?. The van der Waals surface area contributed by atoms with Gasteiger partial charge in [0.2, 0.25) is 5.89 Å². The number of halogens is 2. The molecule has 4 aromatic rings. The van der Waals surface area contributed by atoms with Crippen molar-refractivity contribution in [3.63, 3.8) is 0 Å². The number of nitrogens with zero attached hydrogens (tertiary/aromatic N) is 3. The number of aromatic nitrogens is 1. The average molecular weight is 438 g/mol. The van der Waals surface area contributed by atoms with Crippen molar-refractivity contribution < 1.29 is 9.34 Å². The second-order valence-corrected chi connectivity index (χ2v) is 7.12. The van der Waals surface area contributed by atoms with Crippen molar-refractivity contribution in [2.75, 3.05) is 0 Å². The van der Waals surface area contributed by atoms with Crippen LogP contribution in [-0.4, -0.2) is 16.1 Å². The second-order valence-electron chi connectivity index (χ2n) is 6.28. The van der Waals surface area contributed by atoms with Gasteiger partial charge in [0, 0.05) is 23.4 Å². The number of hydrogen-bond donors (Lipinski definition) is 0. The lowest BCUT2D eigenvalue weighted by molar-refractivity contribution is -0.384. The van der Waals surface area contributed by atoms with Crippen LogP contribution in [0.4, 0.5) is 11.4 Å². The molecule has 0 aliphatic rings. The van der Waals surface area contributed by atoms with Crippen molar-refractivity contribution in [1.29, 1.82) is 0 Å². The summed E-state index contributed by atoms with van der Waals surface area (Å²) in [4.78, 5) is 19.1. The molecule has 0 bridgehead atoms. The highest BCUT2D eigenvalue weighted by Gasteiger charge is 2.12. The van der Waals surface area contributed by atoms with E-state index in [0.29, 0.717) is 38.3 Å². The van der Waals surface area contributed by atoms with Crippen molar-refractivity contribution in [2.24, 2.45) is 4.99 Å². The first-order valence-electron chi connectivity index (χ1n) is 8.81. The summed E-state index contributed by atoms with van der Waals surface area (Å²) < 4.78 is 5.79. The summed E-state index contributed by atoms with van der Waals surface area (Å²) in [5.41, 5.74) is 3.54. The SMILES string of the molecule is O=[N+]([O-])c1ccc(/C=C/C=Nc2ccc3oc(-c4ccc(Cl)cc4Cl)nc3c2)cc1. The maximum Gasteiger partial charge on any atom is 0.269 e. The first kappa shape index (κ1) is 19.8.